The maximum Gasteiger partial charge on any atom is 0.155 e. The molecule has 5 heteroatoms. The van der Waals surface area contributed by atoms with Crippen LogP contribution in [0, 0.1) is 0 Å². The maximum atomic E-state index is 5.70. The first-order valence-corrected chi connectivity index (χ1v) is 6.04. The molecular weight excluding hydrogens is 216 g/mol. The zero-order valence-electron chi connectivity index (χ0n) is 9.67. The minimum absolute atomic E-state index is 0.276. The Morgan fingerprint density at radius 3 is 3.18 bits per heavy atom. The quantitative estimate of drug-likeness (QED) is 0.850. The molecule has 1 aliphatic rings. The molecule has 0 saturated carbocycles. The Balaban J connectivity index is 1.80. The lowest BCUT2D eigenvalue weighted by Crippen LogP contribution is -2.21. The van der Waals surface area contributed by atoms with E-state index in [2.05, 4.69) is 10.1 Å². The van der Waals surface area contributed by atoms with Gasteiger partial charge >= 0.3 is 0 Å². The smallest absolute Gasteiger partial charge is 0.155 e. The van der Waals surface area contributed by atoms with Crippen LogP contribution < -0.4 is 5.73 Å². The zero-order valence-corrected chi connectivity index (χ0v) is 9.67. The summed E-state index contributed by atoms with van der Waals surface area (Å²) in [6.07, 6.45) is 6.38. The lowest BCUT2D eigenvalue weighted by molar-refractivity contribution is 0.0157. The second kappa shape index (κ2) is 4.33. The minimum atomic E-state index is 0.276. The summed E-state index contributed by atoms with van der Waals surface area (Å²) in [5.41, 5.74) is 7.24. The van der Waals surface area contributed by atoms with Crippen molar-refractivity contribution in [1.82, 2.24) is 14.6 Å². The number of hydrogen-bond acceptors (Lipinski definition) is 4. The summed E-state index contributed by atoms with van der Waals surface area (Å²) in [4.78, 5) is 4.46. The van der Waals surface area contributed by atoms with Crippen molar-refractivity contribution >= 4 is 11.3 Å². The monoisotopic (exact) mass is 232 g/mol. The van der Waals surface area contributed by atoms with E-state index in [-0.39, 0.29) is 6.10 Å². The van der Waals surface area contributed by atoms with E-state index >= 15 is 0 Å². The Kier molecular flexibility index (Phi) is 2.68. The van der Waals surface area contributed by atoms with Crippen molar-refractivity contribution in [3.05, 3.63) is 24.2 Å². The number of ether oxygens (including phenoxy) is 1. The molecule has 1 unspecified atom stereocenters. The van der Waals surface area contributed by atoms with Crippen LogP contribution >= 0.6 is 0 Å². The van der Waals surface area contributed by atoms with Crippen LogP contribution in [0.3, 0.4) is 0 Å². The number of rotatable bonds is 2. The van der Waals surface area contributed by atoms with Gasteiger partial charge in [-0.05, 0) is 31.4 Å². The molecule has 3 heterocycles. The highest BCUT2D eigenvalue weighted by Crippen LogP contribution is 2.16. The van der Waals surface area contributed by atoms with Crippen LogP contribution in [-0.2, 0) is 11.2 Å². The number of nitrogens with zero attached hydrogens (tertiary/aromatic N) is 3. The molecule has 2 N–H and O–H groups in total. The van der Waals surface area contributed by atoms with Crippen molar-refractivity contribution < 1.29 is 4.74 Å². The molecule has 0 spiro atoms. The molecule has 2 aromatic rings. The van der Waals surface area contributed by atoms with E-state index in [4.69, 9.17) is 10.5 Å². The van der Waals surface area contributed by atoms with E-state index in [9.17, 15) is 0 Å². The first kappa shape index (κ1) is 10.5. The first-order valence-electron chi connectivity index (χ1n) is 6.04. The number of hydrogen-bond donors (Lipinski definition) is 1. The summed E-state index contributed by atoms with van der Waals surface area (Å²) in [7, 11) is 0. The molecule has 0 radical (unpaired) electrons. The average Bonchev–Trinajstić information content (AvgIpc) is 2.71. The molecule has 3 rings (SSSR count). The van der Waals surface area contributed by atoms with Crippen LogP contribution in [0.2, 0.25) is 0 Å². The normalized spacial score (nSPS) is 20.8. The molecule has 1 fully saturated rings. The fourth-order valence-corrected chi connectivity index (χ4v) is 2.20. The highest BCUT2D eigenvalue weighted by atomic mass is 16.5. The van der Waals surface area contributed by atoms with Crippen LogP contribution in [-0.4, -0.2) is 27.3 Å². The molecule has 1 atom stereocenters. The van der Waals surface area contributed by atoms with Gasteiger partial charge in [0.2, 0.25) is 0 Å². The van der Waals surface area contributed by atoms with Crippen LogP contribution in [0.4, 0.5) is 5.69 Å². The predicted octanol–water partition coefficient (Wildman–Crippen LogP) is 1.42. The highest BCUT2D eigenvalue weighted by molar-refractivity contribution is 5.46. The fraction of sp³-hybridized carbons (Fsp3) is 0.500. The predicted molar refractivity (Wildman–Crippen MR) is 64.7 cm³/mol. The number of nitrogen functional groups attached to an aromatic ring is 1. The minimum Gasteiger partial charge on any atom is -0.397 e. The van der Waals surface area contributed by atoms with Crippen LogP contribution in [0.1, 0.15) is 25.1 Å². The van der Waals surface area contributed by atoms with E-state index in [1.54, 1.807) is 10.7 Å². The molecule has 0 bridgehead atoms. The van der Waals surface area contributed by atoms with E-state index in [0.717, 1.165) is 30.9 Å². The third-order valence-electron chi connectivity index (χ3n) is 3.08. The molecule has 17 heavy (non-hydrogen) atoms. The van der Waals surface area contributed by atoms with Gasteiger partial charge in [0.15, 0.2) is 11.5 Å². The molecule has 1 saturated heterocycles. The van der Waals surface area contributed by atoms with Gasteiger partial charge in [0, 0.05) is 13.0 Å². The number of aromatic nitrogens is 3. The Bertz CT molecular complexity index is 516. The van der Waals surface area contributed by atoms with Gasteiger partial charge in [-0.25, -0.2) is 9.50 Å². The van der Waals surface area contributed by atoms with Crippen molar-refractivity contribution in [2.45, 2.75) is 31.8 Å². The van der Waals surface area contributed by atoms with Crippen molar-refractivity contribution in [3.8, 4) is 0 Å². The standard InChI is InChI=1S/C12H16N4O/c13-9-4-5-12-14-11(15-16(12)8-9)7-10-3-1-2-6-17-10/h4-5,8,10H,1-3,6-7,13H2. The molecule has 90 valence electrons. The average molecular weight is 232 g/mol. The van der Waals surface area contributed by atoms with Gasteiger partial charge in [0.25, 0.3) is 0 Å². The van der Waals surface area contributed by atoms with Crippen LogP contribution in [0.5, 0.6) is 0 Å². The number of fused-ring (bicyclic) bond motifs is 1. The van der Waals surface area contributed by atoms with Crippen molar-refractivity contribution in [3.63, 3.8) is 0 Å². The summed E-state index contributed by atoms with van der Waals surface area (Å²) in [5.74, 6) is 0.836. The van der Waals surface area contributed by atoms with Gasteiger partial charge in [0.1, 0.15) is 0 Å². The van der Waals surface area contributed by atoms with E-state index in [0.29, 0.717) is 5.69 Å². The van der Waals surface area contributed by atoms with E-state index < -0.39 is 0 Å². The zero-order chi connectivity index (χ0) is 11.7. The Hall–Kier alpha value is -1.62. The Morgan fingerprint density at radius 2 is 2.35 bits per heavy atom. The molecule has 0 aromatic carbocycles. The summed E-state index contributed by atoms with van der Waals surface area (Å²) >= 11 is 0. The Labute approximate surface area is 99.6 Å². The summed E-state index contributed by atoms with van der Waals surface area (Å²) in [6, 6.07) is 3.72. The first-order chi connectivity index (χ1) is 8.31. The summed E-state index contributed by atoms with van der Waals surface area (Å²) < 4.78 is 7.42. The topological polar surface area (TPSA) is 65.4 Å². The molecule has 1 aliphatic heterocycles. The molecular formula is C12H16N4O. The highest BCUT2D eigenvalue weighted by Gasteiger charge is 2.16. The maximum absolute atomic E-state index is 5.70. The van der Waals surface area contributed by atoms with Gasteiger partial charge in [-0.1, -0.05) is 0 Å². The second-order valence-electron chi connectivity index (χ2n) is 4.49. The van der Waals surface area contributed by atoms with E-state index in [1.165, 1.54) is 12.8 Å². The van der Waals surface area contributed by atoms with Crippen LogP contribution in [0.15, 0.2) is 18.3 Å². The molecule has 2 aromatic heterocycles. The molecule has 0 amide bonds. The number of pyridine rings is 1. The third kappa shape index (κ3) is 2.24. The van der Waals surface area contributed by atoms with Gasteiger partial charge in [-0.15, -0.1) is 0 Å². The lowest BCUT2D eigenvalue weighted by atomic mass is 10.1. The van der Waals surface area contributed by atoms with Gasteiger partial charge in [-0.2, -0.15) is 5.10 Å². The van der Waals surface area contributed by atoms with Crippen molar-refractivity contribution in [2.24, 2.45) is 0 Å². The van der Waals surface area contributed by atoms with Crippen LogP contribution in [0.25, 0.3) is 5.65 Å². The van der Waals surface area contributed by atoms with Crippen molar-refractivity contribution in [1.29, 1.82) is 0 Å². The van der Waals surface area contributed by atoms with Gasteiger partial charge in [0.05, 0.1) is 18.0 Å². The Morgan fingerprint density at radius 1 is 1.41 bits per heavy atom. The molecule has 0 aliphatic carbocycles. The molecule has 5 nitrogen and oxygen atoms in total. The largest absolute Gasteiger partial charge is 0.397 e. The number of nitrogens with two attached hydrogens (primary N) is 1. The van der Waals surface area contributed by atoms with Gasteiger partial charge < -0.3 is 10.5 Å². The third-order valence-corrected chi connectivity index (χ3v) is 3.08. The SMILES string of the molecule is Nc1ccc2nc(CC3CCCCO3)nn2c1. The van der Waals surface area contributed by atoms with Crippen molar-refractivity contribution in [2.75, 3.05) is 12.3 Å². The second-order valence-corrected chi connectivity index (χ2v) is 4.49. The lowest BCUT2D eigenvalue weighted by Gasteiger charge is -2.20. The summed E-state index contributed by atoms with van der Waals surface area (Å²) in [6.45, 7) is 0.866. The fourth-order valence-electron chi connectivity index (χ4n) is 2.20. The van der Waals surface area contributed by atoms with E-state index in [1.807, 2.05) is 12.1 Å². The summed E-state index contributed by atoms with van der Waals surface area (Å²) in [5, 5.41) is 4.41. The number of anilines is 1. The van der Waals surface area contributed by atoms with Gasteiger partial charge in [-0.3, -0.25) is 0 Å².